The molecule has 1 aliphatic rings. The van der Waals surface area contributed by atoms with E-state index >= 15 is 0 Å². The summed E-state index contributed by atoms with van der Waals surface area (Å²) in [5, 5.41) is 3.27. The van der Waals surface area contributed by atoms with E-state index in [0.29, 0.717) is 5.92 Å². The molecule has 1 unspecified atom stereocenters. The predicted molar refractivity (Wildman–Crippen MR) is 68.3 cm³/mol. The first-order chi connectivity index (χ1) is 6.74. The number of hydrogen-bond donors (Lipinski definition) is 1. The molecule has 0 aromatic rings. The molecule has 14 heavy (non-hydrogen) atoms. The Morgan fingerprint density at radius 3 is 3.00 bits per heavy atom. The summed E-state index contributed by atoms with van der Waals surface area (Å²) in [4.78, 5) is 5.54. The molecule has 0 spiro atoms. The summed E-state index contributed by atoms with van der Waals surface area (Å²) in [6.07, 6.45) is 4.55. The molecule has 0 aromatic heterocycles. The highest BCUT2D eigenvalue weighted by atomic mass is 32.2. The minimum Gasteiger partial charge on any atom is -0.390 e. The Labute approximate surface area is 94.1 Å². The molecular weight excluding hydrogens is 212 g/mol. The summed E-state index contributed by atoms with van der Waals surface area (Å²) in [5.74, 6) is 0.547. The topological polar surface area (TPSA) is 38.4 Å². The molecule has 1 aliphatic heterocycles. The van der Waals surface area contributed by atoms with Crippen molar-refractivity contribution in [3.05, 3.63) is 20.9 Å². The fourth-order valence-electron chi connectivity index (χ4n) is 1.52. The smallest absolute Gasteiger partial charge is 0.108 e. The molecule has 1 rings (SSSR count). The van der Waals surface area contributed by atoms with Gasteiger partial charge in [-0.05, 0) is 25.0 Å². The van der Waals surface area contributed by atoms with Gasteiger partial charge in [-0.15, -0.1) is 11.8 Å². The van der Waals surface area contributed by atoms with Crippen molar-refractivity contribution in [2.24, 2.45) is 16.6 Å². The summed E-state index contributed by atoms with van der Waals surface area (Å²) < 4.78 is 0. The van der Waals surface area contributed by atoms with Gasteiger partial charge in [-0.2, -0.15) is 0 Å². The van der Waals surface area contributed by atoms with Gasteiger partial charge in [-0.3, -0.25) is 0 Å². The average molecular weight is 228 g/mol. The van der Waals surface area contributed by atoms with Crippen LogP contribution in [-0.4, -0.2) is 12.6 Å². The fraction of sp³-hybridized carbons (Fsp3) is 0.500. The van der Waals surface area contributed by atoms with Crippen molar-refractivity contribution >= 4 is 29.9 Å². The van der Waals surface area contributed by atoms with Crippen LogP contribution in [0.25, 0.3) is 0 Å². The number of nitrogens with zero attached hydrogens (tertiary/aromatic N) is 1. The molecule has 0 aromatic carbocycles. The maximum absolute atomic E-state index is 5.33. The quantitative estimate of drug-likeness (QED) is 0.595. The van der Waals surface area contributed by atoms with Crippen molar-refractivity contribution in [3.8, 4) is 0 Å². The zero-order valence-corrected chi connectivity index (χ0v) is 10.4. The SMILES string of the molecule is CCC1C(C)=CS/C1=C(/N=C\N)SC. The number of allylic oxidation sites excluding steroid dienone is 2. The second-order valence-electron chi connectivity index (χ2n) is 3.09. The van der Waals surface area contributed by atoms with Crippen molar-refractivity contribution in [3.63, 3.8) is 0 Å². The zero-order chi connectivity index (χ0) is 10.6. The molecular formula is C10H16N2S2. The Kier molecular flexibility index (Phi) is 4.62. The number of hydrogen-bond acceptors (Lipinski definition) is 3. The summed E-state index contributed by atoms with van der Waals surface area (Å²) >= 11 is 3.44. The first kappa shape index (κ1) is 11.7. The first-order valence-electron chi connectivity index (χ1n) is 4.60. The molecule has 0 saturated heterocycles. The molecule has 0 radical (unpaired) electrons. The van der Waals surface area contributed by atoms with Crippen LogP contribution in [0.15, 0.2) is 25.9 Å². The van der Waals surface area contributed by atoms with Gasteiger partial charge in [-0.25, -0.2) is 4.99 Å². The highest BCUT2D eigenvalue weighted by molar-refractivity contribution is 8.08. The minimum atomic E-state index is 0.547. The van der Waals surface area contributed by atoms with Gasteiger partial charge >= 0.3 is 0 Å². The van der Waals surface area contributed by atoms with Crippen LogP contribution in [0.2, 0.25) is 0 Å². The van der Waals surface area contributed by atoms with Gasteiger partial charge in [0, 0.05) is 10.8 Å². The lowest BCUT2D eigenvalue weighted by molar-refractivity contribution is 0.722. The standard InChI is InChI=1S/C10H16N2S2/c1-4-8-7(2)5-14-9(8)10(13-3)12-6-11/h5-6,8H,4H2,1-3H3,(H2,11,12)/b10-9-. The van der Waals surface area contributed by atoms with E-state index in [0.717, 1.165) is 11.4 Å². The molecule has 2 nitrogen and oxygen atoms in total. The second-order valence-corrected chi connectivity index (χ2v) is 4.80. The van der Waals surface area contributed by atoms with E-state index in [1.54, 1.807) is 23.5 Å². The van der Waals surface area contributed by atoms with Crippen LogP contribution >= 0.6 is 23.5 Å². The van der Waals surface area contributed by atoms with Crippen LogP contribution in [-0.2, 0) is 0 Å². The molecule has 0 amide bonds. The molecule has 0 saturated carbocycles. The van der Waals surface area contributed by atoms with E-state index in [9.17, 15) is 0 Å². The molecule has 1 heterocycles. The lowest BCUT2D eigenvalue weighted by Crippen LogP contribution is -1.99. The lowest BCUT2D eigenvalue weighted by atomic mass is 9.99. The summed E-state index contributed by atoms with van der Waals surface area (Å²) in [6.45, 7) is 4.39. The van der Waals surface area contributed by atoms with Gasteiger partial charge < -0.3 is 5.73 Å². The third kappa shape index (κ3) is 2.36. The third-order valence-corrected chi connectivity index (χ3v) is 4.30. The van der Waals surface area contributed by atoms with Crippen molar-refractivity contribution in [2.75, 3.05) is 6.26 Å². The molecule has 0 aliphatic carbocycles. The van der Waals surface area contributed by atoms with E-state index in [-0.39, 0.29) is 0 Å². The molecule has 78 valence electrons. The van der Waals surface area contributed by atoms with Gasteiger partial charge in [0.15, 0.2) is 0 Å². The van der Waals surface area contributed by atoms with E-state index in [4.69, 9.17) is 5.73 Å². The van der Waals surface area contributed by atoms with Gasteiger partial charge in [0.05, 0.1) is 6.34 Å². The van der Waals surface area contributed by atoms with Crippen LogP contribution in [0, 0.1) is 5.92 Å². The van der Waals surface area contributed by atoms with E-state index in [1.807, 2.05) is 6.26 Å². The zero-order valence-electron chi connectivity index (χ0n) is 8.78. The maximum Gasteiger partial charge on any atom is 0.108 e. The molecule has 2 N–H and O–H groups in total. The van der Waals surface area contributed by atoms with Crippen LogP contribution < -0.4 is 5.73 Å². The average Bonchev–Trinajstić information content (AvgIpc) is 2.56. The van der Waals surface area contributed by atoms with Gasteiger partial charge in [0.1, 0.15) is 5.03 Å². The monoisotopic (exact) mass is 228 g/mol. The summed E-state index contributed by atoms with van der Waals surface area (Å²) in [7, 11) is 0. The first-order valence-corrected chi connectivity index (χ1v) is 6.70. The van der Waals surface area contributed by atoms with Gasteiger partial charge in [0.25, 0.3) is 0 Å². The largest absolute Gasteiger partial charge is 0.390 e. The lowest BCUT2D eigenvalue weighted by Gasteiger charge is -2.12. The molecule has 1 atom stereocenters. The molecule has 0 bridgehead atoms. The van der Waals surface area contributed by atoms with E-state index < -0.39 is 0 Å². The number of thioether (sulfide) groups is 2. The Balaban J connectivity index is 2.97. The normalized spacial score (nSPS) is 25.6. The van der Waals surface area contributed by atoms with Crippen molar-refractivity contribution in [1.82, 2.24) is 0 Å². The van der Waals surface area contributed by atoms with Crippen LogP contribution in [0.4, 0.5) is 0 Å². The van der Waals surface area contributed by atoms with Crippen molar-refractivity contribution in [1.29, 1.82) is 0 Å². The summed E-state index contributed by atoms with van der Waals surface area (Å²) in [6, 6.07) is 0. The minimum absolute atomic E-state index is 0.547. The van der Waals surface area contributed by atoms with Crippen LogP contribution in [0.3, 0.4) is 0 Å². The number of nitrogens with two attached hydrogens (primary N) is 1. The van der Waals surface area contributed by atoms with Crippen molar-refractivity contribution < 1.29 is 0 Å². The highest BCUT2D eigenvalue weighted by Gasteiger charge is 2.23. The van der Waals surface area contributed by atoms with E-state index in [2.05, 4.69) is 24.2 Å². The molecule has 4 heteroatoms. The van der Waals surface area contributed by atoms with Gasteiger partial charge in [0.2, 0.25) is 0 Å². The van der Waals surface area contributed by atoms with Crippen molar-refractivity contribution in [2.45, 2.75) is 20.3 Å². The van der Waals surface area contributed by atoms with Crippen LogP contribution in [0.1, 0.15) is 20.3 Å². The predicted octanol–water partition coefficient (Wildman–Crippen LogP) is 3.18. The fourth-order valence-corrected chi connectivity index (χ4v) is 3.57. The van der Waals surface area contributed by atoms with Crippen LogP contribution in [0.5, 0.6) is 0 Å². The second kappa shape index (κ2) is 5.51. The Hall–Kier alpha value is -0.350. The third-order valence-electron chi connectivity index (χ3n) is 2.24. The Morgan fingerprint density at radius 1 is 1.79 bits per heavy atom. The van der Waals surface area contributed by atoms with E-state index in [1.165, 1.54) is 16.8 Å². The highest BCUT2D eigenvalue weighted by Crippen LogP contribution is 2.44. The molecule has 0 fully saturated rings. The Bertz CT molecular complexity index is 292. The van der Waals surface area contributed by atoms with Gasteiger partial charge in [-0.1, -0.05) is 24.3 Å². The summed E-state index contributed by atoms with van der Waals surface area (Å²) in [5.41, 5.74) is 6.77. The number of rotatable bonds is 3. The maximum atomic E-state index is 5.33. The number of aliphatic imine (C=N–C) groups is 1. The Morgan fingerprint density at radius 2 is 2.50 bits per heavy atom.